The van der Waals surface area contributed by atoms with Crippen molar-refractivity contribution in [2.24, 2.45) is 0 Å². The number of hydrogen-bond donors (Lipinski definition) is 0. The Morgan fingerprint density at radius 2 is 1.70 bits per heavy atom. The van der Waals surface area contributed by atoms with Crippen LogP contribution >= 0.6 is 8.17 Å². The van der Waals surface area contributed by atoms with Crippen molar-refractivity contribution in [3.05, 3.63) is 35.9 Å². The highest BCUT2D eigenvalue weighted by molar-refractivity contribution is 7.54. The highest BCUT2D eigenvalue weighted by atomic mass is 31.2. The zero-order valence-corrected chi connectivity index (χ0v) is 15.8. The van der Waals surface area contributed by atoms with E-state index in [1.165, 1.54) is 0 Å². The van der Waals surface area contributed by atoms with E-state index in [4.69, 9.17) is 13.6 Å². The summed E-state index contributed by atoms with van der Waals surface area (Å²) in [5.41, 5.74) is -0.0726. The smallest absolute Gasteiger partial charge is 0.381 e. The molecule has 1 aliphatic rings. The van der Waals surface area contributed by atoms with Crippen LogP contribution in [0.15, 0.2) is 30.3 Å². The summed E-state index contributed by atoms with van der Waals surface area (Å²) in [5.74, 6) is 0. The SMILES string of the molecule is CCCCC(O[P+]1([O-])OC(C)(C)CC(C)(C)O1)c1ccccc1. The number of benzene rings is 1. The Hall–Kier alpha value is -0.510. The molecule has 1 fully saturated rings. The van der Waals surface area contributed by atoms with Crippen LogP contribution in [0.1, 0.15) is 72.0 Å². The van der Waals surface area contributed by atoms with Gasteiger partial charge in [-0.15, -0.1) is 0 Å². The Bertz CT molecular complexity index is 485. The highest BCUT2D eigenvalue weighted by Crippen LogP contribution is 2.66. The summed E-state index contributed by atoms with van der Waals surface area (Å²) in [7, 11) is -3.62. The normalized spacial score (nSPS) is 23.4. The molecule has 0 radical (unpaired) electrons. The molecule has 1 aromatic carbocycles. The third kappa shape index (κ3) is 5.51. The van der Waals surface area contributed by atoms with Gasteiger partial charge in [-0.25, -0.2) is 0 Å². The van der Waals surface area contributed by atoms with Crippen LogP contribution in [0.5, 0.6) is 0 Å². The predicted molar refractivity (Wildman–Crippen MR) is 91.7 cm³/mol. The fourth-order valence-electron chi connectivity index (χ4n) is 3.25. The summed E-state index contributed by atoms with van der Waals surface area (Å²) < 4.78 is 17.4. The highest BCUT2D eigenvalue weighted by Gasteiger charge is 2.54. The van der Waals surface area contributed by atoms with E-state index in [2.05, 4.69) is 6.92 Å². The Morgan fingerprint density at radius 3 is 2.22 bits per heavy atom. The van der Waals surface area contributed by atoms with Gasteiger partial charge in [0.25, 0.3) is 0 Å². The predicted octanol–water partition coefficient (Wildman–Crippen LogP) is 4.97. The average Bonchev–Trinajstić information content (AvgIpc) is 2.40. The zero-order chi connectivity index (χ0) is 17.1. The molecule has 0 aliphatic carbocycles. The first-order chi connectivity index (χ1) is 10.6. The maximum absolute atomic E-state index is 13.1. The van der Waals surface area contributed by atoms with Gasteiger partial charge in [0.15, 0.2) is 0 Å². The van der Waals surface area contributed by atoms with Crippen molar-refractivity contribution in [3.63, 3.8) is 0 Å². The molecule has 1 aliphatic heterocycles. The quantitative estimate of drug-likeness (QED) is 0.686. The van der Waals surface area contributed by atoms with Crippen LogP contribution in [-0.2, 0) is 13.6 Å². The lowest BCUT2D eigenvalue weighted by Crippen LogP contribution is -2.46. The van der Waals surface area contributed by atoms with Gasteiger partial charge >= 0.3 is 8.17 Å². The molecule has 1 saturated heterocycles. The van der Waals surface area contributed by atoms with Crippen LogP contribution in [0.4, 0.5) is 0 Å². The topological polar surface area (TPSA) is 50.8 Å². The summed E-state index contributed by atoms with van der Waals surface area (Å²) in [6.45, 7) is 9.84. The molecule has 1 aromatic rings. The van der Waals surface area contributed by atoms with E-state index in [0.717, 1.165) is 24.8 Å². The minimum Gasteiger partial charge on any atom is -0.606 e. The second-order valence-corrected chi connectivity index (χ2v) is 8.94. The van der Waals surface area contributed by atoms with Crippen molar-refractivity contribution < 1.29 is 18.5 Å². The molecule has 1 unspecified atom stereocenters. The van der Waals surface area contributed by atoms with Gasteiger partial charge in [-0.1, -0.05) is 50.1 Å². The van der Waals surface area contributed by atoms with Crippen molar-refractivity contribution in [3.8, 4) is 0 Å². The van der Waals surface area contributed by atoms with Gasteiger partial charge in [0.1, 0.15) is 17.3 Å². The van der Waals surface area contributed by atoms with Crippen LogP contribution < -0.4 is 4.89 Å². The number of rotatable bonds is 6. The molecule has 1 heterocycles. The van der Waals surface area contributed by atoms with E-state index in [1.807, 2.05) is 58.0 Å². The minimum atomic E-state index is -3.62. The summed E-state index contributed by atoms with van der Waals surface area (Å²) in [6.07, 6.45) is 3.21. The molecule has 0 spiro atoms. The van der Waals surface area contributed by atoms with Crippen molar-refractivity contribution in [1.82, 2.24) is 0 Å². The number of phosphoric ester groups is 1. The summed E-state index contributed by atoms with van der Waals surface area (Å²) >= 11 is 0. The van der Waals surface area contributed by atoms with E-state index in [0.29, 0.717) is 6.42 Å². The first-order valence-electron chi connectivity index (χ1n) is 8.40. The van der Waals surface area contributed by atoms with Crippen molar-refractivity contribution in [2.75, 3.05) is 0 Å². The Labute approximate surface area is 140 Å². The molecule has 2 rings (SSSR count). The van der Waals surface area contributed by atoms with Crippen LogP contribution in [0.2, 0.25) is 0 Å². The Balaban J connectivity index is 2.20. The second-order valence-electron chi connectivity index (χ2n) is 7.47. The van der Waals surface area contributed by atoms with E-state index in [-0.39, 0.29) is 6.10 Å². The molecule has 0 saturated carbocycles. The van der Waals surface area contributed by atoms with Gasteiger partial charge in [-0.05, 0) is 39.7 Å². The summed E-state index contributed by atoms with van der Waals surface area (Å²) in [5, 5.41) is 0. The standard InChI is InChI=1S/C18H29O4P/c1-6-7-13-16(15-11-9-8-10-12-15)20-23(19)21-17(2,3)14-18(4,5)22-23/h8-12,16H,6-7,13-14H2,1-5H3. The van der Waals surface area contributed by atoms with Gasteiger partial charge < -0.3 is 4.89 Å². The van der Waals surface area contributed by atoms with Gasteiger partial charge in [-0.3, -0.25) is 0 Å². The summed E-state index contributed by atoms with van der Waals surface area (Å²) in [4.78, 5) is 13.1. The van der Waals surface area contributed by atoms with Crippen LogP contribution in [0.3, 0.4) is 0 Å². The molecule has 5 heteroatoms. The lowest BCUT2D eigenvalue weighted by Gasteiger charge is -2.45. The first kappa shape index (κ1) is 18.8. The molecule has 23 heavy (non-hydrogen) atoms. The molecule has 4 nitrogen and oxygen atoms in total. The maximum atomic E-state index is 13.1. The Morgan fingerprint density at radius 1 is 1.13 bits per heavy atom. The van der Waals surface area contributed by atoms with E-state index in [9.17, 15) is 4.89 Å². The number of hydrogen-bond acceptors (Lipinski definition) is 4. The third-order valence-electron chi connectivity index (χ3n) is 3.82. The van der Waals surface area contributed by atoms with Crippen LogP contribution in [0, 0.1) is 0 Å². The third-order valence-corrected chi connectivity index (χ3v) is 5.77. The molecule has 0 aromatic heterocycles. The molecule has 0 bridgehead atoms. The van der Waals surface area contributed by atoms with Gasteiger partial charge in [-0.2, -0.15) is 13.6 Å². The molecule has 1 atom stereocenters. The number of phosphoric acid groups is 1. The lowest BCUT2D eigenvalue weighted by atomic mass is 9.93. The van der Waals surface area contributed by atoms with Crippen LogP contribution in [-0.4, -0.2) is 11.2 Å². The molecular weight excluding hydrogens is 311 g/mol. The van der Waals surface area contributed by atoms with Gasteiger partial charge in [0, 0.05) is 6.42 Å². The van der Waals surface area contributed by atoms with E-state index < -0.39 is 19.4 Å². The summed E-state index contributed by atoms with van der Waals surface area (Å²) in [6, 6.07) is 9.87. The van der Waals surface area contributed by atoms with Crippen LogP contribution in [0.25, 0.3) is 0 Å². The first-order valence-corrected chi connectivity index (χ1v) is 9.86. The molecular formula is C18H29O4P. The van der Waals surface area contributed by atoms with Gasteiger partial charge in [0.05, 0.1) is 0 Å². The molecule has 0 amide bonds. The fourth-order valence-corrected chi connectivity index (χ4v) is 5.25. The number of unbranched alkanes of at least 4 members (excludes halogenated alkanes) is 1. The lowest BCUT2D eigenvalue weighted by molar-refractivity contribution is -0.289. The fraction of sp³-hybridized carbons (Fsp3) is 0.667. The molecule has 130 valence electrons. The minimum absolute atomic E-state index is 0.285. The monoisotopic (exact) mass is 340 g/mol. The van der Waals surface area contributed by atoms with Crippen molar-refractivity contribution >= 4 is 8.17 Å². The van der Waals surface area contributed by atoms with Crippen molar-refractivity contribution in [1.29, 1.82) is 0 Å². The molecule has 0 N–H and O–H groups in total. The Kier molecular flexibility index (Phi) is 5.86. The van der Waals surface area contributed by atoms with E-state index >= 15 is 0 Å². The second kappa shape index (κ2) is 7.16. The zero-order valence-electron chi connectivity index (χ0n) is 14.9. The maximum Gasteiger partial charge on any atom is 0.381 e. The van der Waals surface area contributed by atoms with Gasteiger partial charge in [0.2, 0.25) is 0 Å². The van der Waals surface area contributed by atoms with E-state index in [1.54, 1.807) is 0 Å². The van der Waals surface area contributed by atoms with Crippen molar-refractivity contribution in [2.45, 2.75) is 77.6 Å². The average molecular weight is 340 g/mol. The largest absolute Gasteiger partial charge is 0.606 e.